The molecule has 0 aliphatic carbocycles. The van der Waals surface area contributed by atoms with Crippen molar-refractivity contribution >= 4 is 62.2 Å². The van der Waals surface area contributed by atoms with Crippen molar-refractivity contribution in [2.45, 2.75) is 48.6 Å². The fourth-order valence-electron chi connectivity index (χ4n) is 5.82. The van der Waals surface area contributed by atoms with Gasteiger partial charge in [-0.1, -0.05) is 12.2 Å². The Hall–Kier alpha value is -2.84. The highest BCUT2D eigenvalue weighted by atomic mass is 32.7. The average molecular weight is 672 g/mol. The minimum absolute atomic E-state index is 0.00698. The molecule has 10 atom stereocenters. The molecule has 4 aliphatic heterocycles. The van der Waals surface area contributed by atoms with Gasteiger partial charge >= 0.3 is 6.80 Å². The summed E-state index contributed by atoms with van der Waals surface area (Å²) in [7, 11) is -0.713. The van der Waals surface area contributed by atoms with Crippen molar-refractivity contribution in [2.75, 3.05) is 31.3 Å². The smallest absolute Gasteiger partial charge is 0.382 e. The van der Waals surface area contributed by atoms with E-state index < -0.39 is 76.6 Å². The van der Waals surface area contributed by atoms with Gasteiger partial charge in [-0.15, -0.1) is 0 Å². The Kier molecular flexibility index (Phi) is 6.73. The number of anilines is 2. The number of thiol groups is 1. The summed E-state index contributed by atoms with van der Waals surface area (Å²) in [6.45, 7) is -4.87. The summed E-state index contributed by atoms with van der Waals surface area (Å²) >= 11 is 4.17. The summed E-state index contributed by atoms with van der Waals surface area (Å²) in [6.07, 6.45) is -4.12. The minimum Gasteiger partial charge on any atom is -0.382 e. The van der Waals surface area contributed by atoms with E-state index in [4.69, 9.17) is 43.8 Å². The molecule has 4 bridgehead atoms. The fraction of sp³-hybridized carbons (Fsp3) is 0.524. The molecule has 4 aliphatic rings. The highest BCUT2D eigenvalue weighted by molar-refractivity contribution is 8.44. The number of H-pyrrole nitrogens is 1. The molecule has 1 unspecified atom stereocenters. The van der Waals surface area contributed by atoms with E-state index in [0.29, 0.717) is 11.2 Å². The Labute approximate surface area is 251 Å². The highest BCUT2D eigenvalue weighted by Crippen LogP contribution is 2.60. The number of nitrogen functional groups attached to an aromatic ring is 2. The summed E-state index contributed by atoms with van der Waals surface area (Å²) < 4.78 is 73.8. The van der Waals surface area contributed by atoms with Crippen LogP contribution < -0.4 is 17.0 Å². The first-order valence-corrected chi connectivity index (χ1v) is 16.6. The Morgan fingerprint density at radius 1 is 1.09 bits per heavy atom. The van der Waals surface area contributed by atoms with Crippen molar-refractivity contribution < 1.29 is 41.3 Å². The van der Waals surface area contributed by atoms with Crippen molar-refractivity contribution in [3.05, 3.63) is 29.3 Å². The Balaban J connectivity index is 1.09. The van der Waals surface area contributed by atoms with E-state index >= 15 is 4.39 Å². The van der Waals surface area contributed by atoms with Gasteiger partial charge in [-0.25, -0.2) is 28.9 Å². The number of nitrogens with zero attached hydrogens (tertiary/aromatic N) is 7. The number of aromatic amines is 1. The van der Waals surface area contributed by atoms with Crippen molar-refractivity contribution in [2.24, 2.45) is 0 Å². The molecule has 0 radical (unpaired) electrons. The summed E-state index contributed by atoms with van der Waals surface area (Å²) in [6, 6.07) is 0. The second kappa shape index (κ2) is 10.3. The number of nitrogens with one attached hydrogen (secondary N) is 1. The average Bonchev–Trinajstić information content (AvgIpc) is 3.78. The highest BCUT2D eigenvalue weighted by Gasteiger charge is 2.65. The normalized spacial score (nSPS) is 38.1. The maximum absolute atomic E-state index is 15.8. The van der Waals surface area contributed by atoms with Crippen LogP contribution in [-0.4, -0.2) is 95.0 Å². The molecular weight excluding hydrogens is 649 g/mol. The topological polar surface area (TPSA) is 241 Å². The third kappa shape index (κ3) is 4.45. The van der Waals surface area contributed by atoms with Gasteiger partial charge in [-0.2, -0.15) is 4.98 Å². The number of rotatable bonds is 2. The lowest BCUT2D eigenvalue weighted by atomic mass is 10.0. The molecule has 19 nitrogen and oxygen atoms in total. The molecule has 4 aromatic heterocycles. The van der Waals surface area contributed by atoms with Crippen LogP contribution >= 0.6 is 28.1 Å². The first-order chi connectivity index (χ1) is 21.1. The van der Waals surface area contributed by atoms with Gasteiger partial charge in [0.1, 0.15) is 41.9 Å². The zero-order valence-corrected chi connectivity index (χ0v) is 24.9. The number of alkyl halides is 1. The molecule has 5 N–H and O–H groups in total. The van der Waals surface area contributed by atoms with Crippen molar-refractivity contribution in [3.8, 4) is 0 Å². The Bertz CT molecular complexity index is 1880. The first kappa shape index (κ1) is 28.6. The molecule has 4 aromatic rings. The van der Waals surface area contributed by atoms with Crippen molar-refractivity contribution in [3.63, 3.8) is 0 Å². The predicted molar refractivity (Wildman–Crippen MR) is 150 cm³/mol. The molecule has 0 amide bonds. The largest absolute Gasteiger partial charge is 0.386 e. The maximum atomic E-state index is 15.8. The monoisotopic (exact) mass is 672 g/mol. The van der Waals surface area contributed by atoms with E-state index in [1.54, 1.807) is 4.57 Å². The molecule has 4 saturated heterocycles. The second-order valence-corrected chi connectivity index (χ2v) is 14.0. The van der Waals surface area contributed by atoms with Gasteiger partial charge < -0.3 is 34.7 Å². The molecule has 234 valence electrons. The van der Waals surface area contributed by atoms with Gasteiger partial charge in [-0.3, -0.25) is 28.0 Å². The SMILES string of the molecule is Nc1nc2c(ncn2[C@@H]2O[C@@H]3CO[P@@](=O)(S)O[C@H]4[C@H]5OC[C@]4(COPO[C@@H]2[C@@H]3F)O[C@H]5n2cnc3c(N)ncnc32)c(=O)[nH]1. The lowest BCUT2D eigenvalue weighted by Gasteiger charge is -2.31. The van der Waals surface area contributed by atoms with Gasteiger partial charge in [0.2, 0.25) is 5.95 Å². The summed E-state index contributed by atoms with van der Waals surface area (Å²) in [4.78, 5) is 35.3. The van der Waals surface area contributed by atoms with Gasteiger partial charge in [-0.05, 0) is 0 Å². The number of hydrogen-bond donors (Lipinski definition) is 4. The van der Waals surface area contributed by atoms with E-state index in [9.17, 15) is 9.36 Å². The number of fused-ring (bicyclic) bond motifs is 4. The number of nitrogens with two attached hydrogens (primary N) is 2. The fourth-order valence-corrected chi connectivity index (χ4v) is 8.05. The molecule has 0 spiro atoms. The number of hydrogen-bond acceptors (Lipinski definition) is 16. The zero-order valence-electron chi connectivity index (χ0n) is 22.1. The van der Waals surface area contributed by atoms with Crippen LogP contribution in [0.2, 0.25) is 0 Å². The van der Waals surface area contributed by atoms with Crippen LogP contribution in [-0.2, 0) is 36.9 Å². The molecular formula is C21H23FN10O9P2S. The molecule has 4 fully saturated rings. The number of aromatic nitrogens is 8. The summed E-state index contributed by atoms with van der Waals surface area (Å²) in [5, 5.41) is 0. The second-order valence-electron chi connectivity index (χ2n) is 10.5. The number of ether oxygens (including phenoxy) is 3. The third-order valence-corrected chi connectivity index (χ3v) is 10.1. The van der Waals surface area contributed by atoms with Crippen LogP contribution in [0.25, 0.3) is 22.3 Å². The summed E-state index contributed by atoms with van der Waals surface area (Å²) in [5.74, 6) is 0.0121. The van der Waals surface area contributed by atoms with Crippen LogP contribution in [0, 0.1) is 0 Å². The predicted octanol–water partition coefficient (Wildman–Crippen LogP) is 0.389. The van der Waals surface area contributed by atoms with Gasteiger partial charge in [0.25, 0.3) is 5.56 Å². The quantitative estimate of drug-likeness (QED) is 0.166. The van der Waals surface area contributed by atoms with Crippen LogP contribution in [0.5, 0.6) is 0 Å². The Morgan fingerprint density at radius 2 is 1.89 bits per heavy atom. The minimum atomic E-state index is -4.18. The molecule has 23 heteroatoms. The lowest BCUT2D eigenvalue weighted by Crippen LogP contribution is -2.45. The first-order valence-electron chi connectivity index (χ1n) is 13.1. The van der Waals surface area contributed by atoms with Crippen LogP contribution in [0.3, 0.4) is 0 Å². The Morgan fingerprint density at radius 3 is 2.73 bits per heavy atom. The third-order valence-electron chi connectivity index (χ3n) is 7.83. The maximum Gasteiger partial charge on any atom is 0.386 e. The van der Waals surface area contributed by atoms with E-state index in [-0.39, 0.29) is 36.1 Å². The van der Waals surface area contributed by atoms with E-state index in [0.717, 1.165) is 0 Å². The van der Waals surface area contributed by atoms with Gasteiger partial charge in [0, 0.05) is 0 Å². The van der Waals surface area contributed by atoms with Crippen molar-refractivity contribution in [1.29, 1.82) is 0 Å². The standard InChI is InChI=1S/C21H23FN10O9P2S/c22-8-7-1-37-43(34,44)41-13-12-19(31-5-27-9-14(23)25-4-26-15(9)31)39-21(13,2-35-12)3-36-42-40-11(8)18(38-7)32-6-28-10-16(32)29-20(24)30-17(10)33/h4-8,11-13,18-19,42H,1-3H2,(H,34,44)(H2,23,25,26)(H3,24,29,30,33)/t7-,8-,11-,12-,13+,18-,19-,21-,43-/m1/s1. The van der Waals surface area contributed by atoms with E-state index in [2.05, 4.69) is 42.2 Å². The van der Waals surface area contributed by atoms with Crippen molar-refractivity contribution in [1.82, 2.24) is 39.0 Å². The molecule has 8 heterocycles. The van der Waals surface area contributed by atoms with Gasteiger partial charge in [0.15, 0.2) is 50.3 Å². The molecule has 0 aromatic carbocycles. The van der Waals surface area contributed by atoms with Gasteiger partial charge in [0.05, 0.1) is 32.5 Å². The molecule has 8 rings (SSSR count). The molecule has 44 heavy (non-hydrogen) atoms. The van der Waals surface area contributed by atoms with Crippen LogP contribution in [0.4, 0.5) is 16.2 Å². The number of halogens is 1. The molecule has 0 saturated carbocycles. The zero-order chi connectivity index (χ0) is 30.4. The number of imidazole rings is 2. The van der Waals surface area contributed by atoms with E-state index in [1.807, 2.05) is 0 Å². The summed E-state index contributed by atoms with van der Waals surface area (Å²) in [5.41, 5.74) is 10.6. The lowest BCUT2D eigenvalue weighted by molar-refractivity contribution is -0.182. The van der Waals surface area contributed by atoms with E-state index in [1.165, 1.54) is 23.5 Å². The van der Waals surface area contributed by atoms with Crippen LogP contribution in [0.1, 0.15) is 12.5 Å². The van der Waals surface area contributed by atoms with Crippen LogP contribution in [0.15, 0.2) is 23.8 Å².